The van der Waals surface area contributed by atoms with E-state index >= 15 is 0 Å². The summed E-state index contributed by atoms with van der Waals surface area (Å²) in [6.45, 7) is 12.9. The average molecular weight is 769 g/mol. The minimum atomic E-state index is 0. The normalized spacial score (nSPS) is 9.67. The predicted molar refractivity (Wildman–Crippen MR) is 224 cm³/mol. The Morgan fingerprint density at radius 3 is 1.38 bits per heavy atom. The fraction of sp³-hybridized carbons (Fsp3) is 0.730. The van der Waals surface area contributed by atoms with Gasteiger partial charge in [-0.15, -0.1) is 0 Å². The van der Waals surface area contributed by atoms with Gasteiger partial charge in [-0.1, -0.05) is 72.6 Å². The number of hydrogen-bond acceptors (Lipinski definition) is 8. The lowest BCUT2D eigenvalue weighted by Gasteiger charge is -2.05. The molecule has 0 aliphatic carbocycles. The first kappa shape index (κ1) is 54.4. The van der Waals surface area contributed by atoms with Crippen LogP contribution in [0.5, 0.6) is 0 Å². The third-order valence-electron chi connectivity index (χ3n) is 6.45. The maximum absolute atomic E-state index is 8.42. The van der Waals surface area contributed by atoms with Crippen molar-refractivity contribution in [3.8, 4) is 11.1 Å². The maximum atomic E-state index is 8.42. The molecule has 0 saturated carbocycles. The fourth-order valence-electron chi connectivity index (χ4n) is 4.06. The molecule has 0 atom stereocenters. The summed E-state index contributed by atoms with van der Waals surface area (Å²) >= 11 is 15.7. The second-order valence-electron chi connectivity index (χ2n) is 10.7. The van der Waals surface area contributed by atoms with Crippen LogP contribution in [0.25, 0.3) is 11.1 Å². The molecule has 0 radical (unpaired) electrons. The van der Waals surface area contributed by atoms with Gasteiger partial charge >= 0.3 is 0 Å². The molecule has 0 spiro atoms. The zero-order chi connectivity index (χ0) is 35.6. The summed E-state index contributed by atoms with van der Waals surface area (Å²) in [5.41, 5.74) is 2.56. The van der Waals surface area contributed by atoms with Gasteiger partial charge < -0.3 is 19.3 Å². The molecule has 0 aromatic carbocycles. The van der Waals surface area contributed by atoms with Crippen LogP contribution < -0.4 is 9.13 Å². The summed E-state index contributed by atoms with van der Waals surface area (Å²) in [6, 6.07) is 8.77. The van der Waals surface area contributed by atoms with Crippen LogP contribution >= 0.6 is 38.8 Å². The van der Waals surface area contributed by atoms with E-state index in [2.05, 4.69) is 120 Å². The van der Waals surface area contributed by atoms with Crippen molar-refractivity contribution in [2.75, 3.05) is 57.8 Å². The molecule has 48 heavy (non-hydrogen) atoms. The SMILES string of the molecule is CC.CCC.C[n+]1ccc(-c2cc[n+](CCCCCCCCCCCS)cc2)cc1.OCCOCCOCCOCCCCS.S.S=S. The number of nitrogens with zero attached hydrogens (tertiary/aromatic N) is 2. The number of aliphatic hydroxyl groups is 1. The van der Waals surface area contributed by atoms with Crippen molar-refractivity contribution in [3.63, 3.8) is 0 Å². The molecule has 2 aromatic heterocycles. The third kappa shape index (κ3) is 40.1. The molecule has 1 N–H and O–H groups in total. The van der Waals surface area contributed by atoms with Gasteiger partial charge in [-0.05, 0) is 48.3 Å². The summed E-state index contributed by atoms with van der Waals surface area (Å²) in [7, 11) is 2.05. The smallest absolute Gasteiger partial charge is 0.169 e. The Kier molecular flexibility index (Phi) is 55.2. The largest absolute Gasteiger partial charge is 0.394 e. The number of unbranched alkanes of at least 4 members (excludes halogenated alkanes) is 9. The van der Waals surface area contributed by atoms with Gasteiger partial charge in [0.05, 0.1) is 39.6 Å². The first-order valence-electron chi connectivity index (χ1n) is 17.8. The number of pyridine rings is 2. The number of aryl methyl sites for hydroxylation is 2. The molecule has 0 aliphatic heterocycles. The number of rotatable bonds is 24. The molecule has 0 unspecified atom stereocenters. The van der Waals surface area contributed by atoms with Gasteiger partial charge in [0.15, 0.2) is 24.8 Å². The van der Waals surface area contributed by atoms with E-state index in [1.807, 2.05) is 20.9 Å². The van der Waals surface area contributed by atoms with Crippen molar-refractivity contribution in [1.82, 2.24) is 0 Å². The summed E-state index contributed by atoms with van der Waals surface area (Å²) in [4.78, 5) is 0. The van der Waals surface area contributed by atoms with Gasteiger partial charge in [0, 0.05) is 59.7 Å². The lowest BCUT2D eigenvalue weighted by atomic mass is 10.1. The molecule has 2 aromatic rings. The lowest BCUT2D eigenvalue weighted by Crippen LogP contribution is -2.32. The highest BCUT2D eigenvalue weighted by Crippen LogP contribution is 2.15. The molecule has 2 rings (SSSR count). The molecule has 0 fully saturated rings. The van der Waals surface area contributed by atoms with Gasteiger partial charge in [0.1, 0.15) is 13.6 Å². The van der Waals surface area contributed by atoms with Crippen LogP contribution in [0, 0.1) is 0 Å². The third-order valence-corrected chi connectivity index (χ3v) is 7.09. The maximum Gasteiger partial charge on any atom is 0.169 e. The second-order valence-corrected chi connectivity index (χ2v) is 11.6. The Hall–Kier alpha value is -0.370. The van der Waals surface area contributed by atoms with E-state index in [9.17, 15) is 0 Å². The Morgan fingerprint density at radius 1 is 0.583 bits per heavy atom. The molecule has 0 bridgehead atoms. The topological polar surface area (TPSA) is 55.7 Å². The monoisotopic (exact) mass is 768 g/mol. The van der Waals surface area contributed by atoms with E-state index in [4.69, 9.17) is 19.3 Å². The van der Waals surface area contributed by atoms with E-state index in [-0.39, 0.29) is 20.1 Å². The average Bonchev–Trinajstić information content (AvgIpc) is 3.11. The molecule has 0 aliphatic rings. The van der Waals surface area contributed by atoms with Gasteiger partial charge in [-0.25, -0.2) is 9.13 Å². The standard InChI is InChI=1S/C22H33N2S.C10H22O4S.C3H8.C2H6.S2.H2S/c1-23-16-11-21(12-17-23)22-13-18-24(19-14-22)15-9-7-5-3-2-4-6-8-10-20-25;11-3-5-13-7-9-14-8-6-12-4-1-2-10-15;1-3-2;2*1-2;/h11-14,16-19H,2-10,15,20H2,1H3;11,15H,1-10H2;3H2,1-2H3;1-2H3;;1H2/q+1;;;;;/p+1. The summed E-state index contributed by atoms with van der Waals surface area (Å²) in [5.74, 6) is 1.96. The van der Waals surface area contributed by atoms with E-state index in [0.29, 0.717) is 33.0 Å². The number of aromatic nitrogens is 2. The van der Waals surface area contributed by atoms with E-state index in [1.165, 1.54) is 75.3 Å². The van der Waals surface area contributed by atoms with Gasteiger partial charge in [0.25, 0.3) is 0 Å². The van der Waals surface area contributed by atoms with Crippen molar-refractivity contribution >= 4 is 61.1 Å². The minimum Gasteiger partial charge on any atom is -0.394 e. The first-order valence-corrected chi connectivity index (χ1v) is 20.4. The second kappa shape index (κ2) is 48.7. The van der Waals surface area contributed by atoms with Crippen molar-refractivity contribution in [1.29, 1.82) is 0 Å². The number of thiol groups is 2. The quantitative estimate of drug-likeness (QED) is 0.0570. The van der Waals surface area contributed by atoms with E-state index in [0.717, 1.165) is 37.5 Å². The van der Waals surface area contributed by atoms with E-state index in [1.54, 1.807) is 0 Å². The summed E-state index contributed by atoms with van der Waals surface area (Å²) < 4.78 is 20.0. The highest BCUT2D eigenvalue weighted by Gasteiger charge is 2.04. The predicted octanol–water partition coefficient (Wildman–Crippen LogP) is 8.20. The Bertz CT molecular complexity index is 826. The molecule has 0 saturated heterocycles. The van der Waals surface area contributed by atoms with Crippen LogP contribution in [0.1, 0.15) is 105 Å². The molecule has 282 valence electrons. The van der Waals surface area contributed by atoms with Crippen molar-refractivity contribution in [2.24, 2.45) is 7.05 Å². The number of aliphatic hydroxyl groups excluding tert-OH is 1. The molecule has 0 amide bonds. The summed E-state index contributed by atoms with van der Waals surface area (Å²) in [5, 5.41) is 8.42. The molecule has 11 heteroatoms. The van der Waals surface area contributed by atoms with Crippen LogP contribution in [-0.2, 0) is 50.2 Å². The molecule has 6 nitrogen and oxygen atoms in total. The molecular weight excluding hydrogens is 697 g/mol. The van der Waals surface area contributed by atoms with E-state index < -0.39 is 0 Å². The van der Waals surface area contributed by atoms with Crippen molar-refractivity contribution in [3.05, 3.63) is 49.1 Å². The van der Waals surface area contributed by atoms with Crippen LogP contribution in [-0.4, -0.2) is 62.9 Å². The fourth-order valence-corrected chi connectivity index (χ4v) is 4.51. The zero-order valence-electron chi connectivity index (χ0n) is 31.0. The van der Waals surface area contributed by atoms with Crippen LogP contribution in [0.15, 0.2) is 49.1 Å². The van der Waals surface area contributed by atoms with Gasteiger partial charge in [-0.3, -0.25) is 0 Å². The van der Waals surface area contributed by atoms with Crippen molar-refractivity contribution in [2.45, 2.75) is 111 Å². The Morgan fingerprint density at radius 2 is 0.938 bits per heavy atom. The van der Waals surface area contributed by atoms with Gasteiger partial charge in [0.2, 0.25) is 0 Å². The highest BCUT2D eigenvalue weighted by molar-refractivity contribution is 8.07. The van der Waals surface area contributed by atoms with Crippen LogP contribution in [0.3, 0.4) is 0 Å². The zero-order valence-corrected chi connectivity index (χ0v) is 35.4. The summed E-state index contributed by atoms with van der Waals surface area (Å²) in [6.07, 6.45) is 24.3. The number of hydrogen-bond donors (Lipinski definition) is 3. The highest BCUT2D eigenvalue weighted by atomic mass is 32.8. The van der Waals surface area contributed by atoms with Crippen LogP contribution in [0.4, 0.5) is 0 Å². The van der Waals surface area contributed by atoms with Crippen LogP contribution in [0.2, 0.25) is 0 Å². The first-order chi connectivity index (χ1) is 23.1. The molecular formula is C37H72N2O4S5+2. The minimum absolute atomic E-state index is 0. The van der Waals surface area contributed by atoms with Gasteiger partial charge in [-0.2, -0.15) is 38.8 Å². The molecule has 2 heterocycles. The van der Waals surface area contributed by atoms with Crippen molar-refractivity contribution < 1.29 is 28.5 Å². The lowest BCUT2D eigenvalue weighted by molar-refractivity contribution is -0.697. The Labute approximate surface area is 324 Å². The Balaban J connectivity index is -0.000000361. The number of ether oxygens (including phenoxy) is 3.